The number of hydrogen-bond acceptors (Lipinski definition) is 2. The maximum absolute atomic E-state index is 10.8. The van der Waals surface area contributed by atoms with Crippen molar-refractivity contribution in [2.75, 3.05) is 7.11 Å². The summed E-state index contributed by atoms with van der Waals surface area (Å²) in [5.74, 6) is -0.372. The summed E-state index contributed by atoms with van der Waals surface area (Å²) < 4.78 is 5.26. The lowest BCUT2D eigenvalue weighted by atomic mass is 10.2. The number of rotatable bonds is 4. The van der Waals surface area contributed by atoms with E-state index in [1.807, 2.05) is 0 Å². The second kappa shape index (κ2) is 7.09. The van der Waals surface area contributed by atoms with Crippen molar-refractivity contribution in [3.05, 3.63) is 33.8 Å². The zero-order valence-corrected chi connectivity index (χ0v) is 10.4. The smallest absolute Gasteiger partial charge is 0.330 e. The third kappa shape index (κ3) is 5.82. The van der Waals surface area contributed by atoms with Crippen LogP contribution in [0.5, 0.6) is 0 Å². The van der Waals surface area contributed by atoms with E-state index in [4.69, 9.17) is 0 Å². The van der Waals surface area contributed by atoms with Crippen molar-refractivity contribution in [3.63, 3.8) is 0 Å². The van der Waals surface area contributed by atoms with Crippen molar-refractivity contribution in [2.24, 2.45) is 0 Å². The molecule has 4 heteroatoms. The van der Waals surface area contributed by atoms with E-state index in [-0.39, 0.29) is 5.97 Å². The van der Waals surface area contributed by atoms with Crippen LogP contribution in [0.1, 0.15) is 6.42 Å². The molecule has 0 unspecified atom stereocenters. The molecule has 0 heterocycles. The van der Waals surface area contributed by atoms with Crippen molar-refractivity contribution in [2.45, 2.75) is 6.42 Å². The highest BCUT2D eigenvalue weighted by atomic mass is 79.9. The van der Waals surface area contributed by atoms with E-state index in [1.165, 1.54) is 13.2 Å². The van der Waals surface area contributed by atoms with Crippen molar-refractivity contribution in [1.82, 2.24) is 0 Å². The highest BCUT2D eigenvalue weighted by molar-refractivity contribution is 9.28. The van der Waals surface area contributed by atoms with Crippen molar-refractivity contribution in [3.8, 4) is 0 Å². The minimum Gasteiger partial charge on any atom is -0.466 e. The Morgan fingerprint density at radius 2 is 2.08 bits per heavy atom. The fourth-order valence-corrected chi connectivity index (χ4v) is 1.19. The molecular formula is C9H10Br2O2. The fraction of sp³-hybridized carbons (Fsp3) is 0.222. The van der Waals surface area contributed by atoms with Gasteiger partial charge in [0.2, 0.25) is 0 Å². The zero-order chi connectivity index (χ0) is 10.3. The van der Waals surface area contributed by atoms with E-state index in [1.54, 1.807) is 12.2 Å². The molecule has 0 aliphatic rings. The van der Waals surface area contributed by atoms with Gasteiger partial charge in [-0.25, -0.2) is 4.79 Å². The van der Waals surface area contributed by atoms with Crippen LogP contribution in [0.4, 0.5) is 0 Å². The summed E-state index contributed by atoms with van der Waals surface area (Å²) in [5.41, 5.74) is 0.931. The van der Waals surface area contributed by atoms with Gasteiger partial charge in [0.1, 0.15) is 0 Å². The zero-order valence-electron chi connectivity index (χ0n) is 7.22. The molecule has 0 aliphatic heterocycles. The summed E-state index contributed by atoms with van der Waals surface area (Å²) >= 11 is 6.52. The Balaban J connectivity index is 4.44. The molecule has 13 heavy (non-hydrogen) atoms. The topological polar surface area (TPSA) is 26.3 Å². The number of hydrogen-bond donors (Lipinski definition) is 0. The van der Waals surface area contributed by atoms with Crippen LogP contribution < -0.4 is 0 Å². The predicted octanol–water partition coefficient (Wildman–Crippen LogP) is 3.29. The quantitative estimate of drug-likeness (QED) is 0.345. The SMILES string of the molecule is C=CCC(/C=C/C(=O)OC)=C(Br)Br. The van der Waals surface area contributed by atoms with Crippen molar-refractivity contribution < 1.29 is 9.53 Å². The van der Waals surface area contributed by atoms with Crippen LogP contribution in [0.3, 0.4) is 0 Å². The van der Waals surface area contributed by atoms with Crippen LogP contribution >= 0.6 is 31.9 Å². The Morgan fingerprint density at radius 1 is 1.46 bits per heavy atom. The molecule has 0 spiro atoms. The Labute approximate surface area is 94.6 Å². The molecule has 0 N–H and O–H groups in total. The second-order valence-corrected chi connectivity index (χ2v) is 4.79. The molecule has 0 aromatic carbocycles. The van der Waals surface area contributed by atoms with Gasteiger partial charge >= 0.3 is 5.97 Å². The Bertz CT molecular complexity index is 250. The molecular weight excluding hydrogens is 300 g/mol. The number of carbonyl (C=O) groups is 1. The first-order chi connectivity index (χ1) is 6.11. The lowest BCUT2D eigenvalue weighted by Gasteiger charge is -1.97. The summed E-state index contributed by atoms with van der Waals surface area (Å²) in [6.07, 6.45) is 5.46. The molecule has 0 saturated carbocycles. The molecule has 0 atom stereocenters. The lowest BCUT2D eigenvalue weighted by Crippen LogP contribution is -1.93. The Morgan fingerprint density at radius 3 is 2.46 bits per heavy atom. The van der Waals surface area contributed by atoms with E-state index in [0.29, 0.717) is 6.42 Å². The number of allylic oxidation sites excluding steroid dienone is 3. The number of esters is 1. The van der Waals surface area contributed by atoms with Crippen molar-refractivity contribution >= 4 is 37.8 Å². The van der Waals surface area contributed by atoms with Gasteiger partial charge < -0.3 is 4.74 Å². The molecule has 0 bridgehead atoms. The van der Waals surface area contributed by atoms with Gasteiger partial charge in [0.05, 0.1) is 10.5 Å². The minimum atomic E-state index is -0.372. The molecule has 0 aromatic rings. The highest BCUT2D eigenvalue weighted by Gasteiger charge is 1.97. The average molecular weight is 310 g/mol. The van der Waals surface area contributed by atoms with E-state index in [9.17, 15) is 4.79 Å². The van der Waals surface area contributed by atoms with E-state index >= 15 is 0 Å². The predicted molar refractivity (Wildman–Crippen MR) is 60.9 cm³/mol. The van der Waals surface area contributed by atoms with Crippen LogP contribution in [0.2, 0.25) is 0 Å². The largest absolute Gasteiger partial charge is 0.466 e. The molecule has 0 aromatic heterocycles. The van der Waals surface area contributed by atoms with E-state index < -0.39 is 0 Å². The third-order valence-electron chi connectivity index (χ3n) is 1.23. The molecule has 0 radical (unpaired) electrons. The molecule has 0 fully saturated rings. The first-order valence-electron chi connectivity index (χ1n) is 3.53. The van der Waals surface area contributed by atoms with Gasteiger partial charge in [-0.2, -0.15) is 0 Å². The maximum Gasteiger partial charge on any atom is 0.330 e. The summed E-state index contributed by atoms with van der Waals surface area (Å²) in [5, 5.41) is 0. The van der Waals surface area contributed by atoms with Gasteiger partial charge in [0, 0.05) is 6.08 Å². The van der Waals surface area contributed by atoms with E-state index in [2.05, 4.69) is 43.2 Å². The lowest BCUT2D eigenvalue weighted by molar-refractivity contribution is -0.134. The normalized spacial score (nSPS) is 9.77. The van der Waals surface area contributed by atoms with Crippen LogP contribution in [-0.4, -0.2) is 13.1 Å². The molecule has 0 amide bonds. The monoisotopic (exact) mass is 308 g/mol. The fourth-order valence-electron chi connectivity index (χ4n) is 0.600. The van der Waals surface area contributed by atoms with Crippen molar-refractivity contribution in [1.29, 1.82) is 0 Å². The molecule has 0 rings (SSSR count). The third-order valence-corrected chi connectivity index (χ3v) is 2.25. The van der Waals surface area contributed by atoms with Gasteiger partial charge in [-0.1, -0.05) is 6.08 Å². The summed E-state index contributed by atoms with van der Waals surface area (Å²) in [4.78, 5) is 10.8. The first kappa shape index (κ1) is 12.7. The molecule has 72 valence electrons. The summed E-state index contributed by atoms with van der Waals surface area (Å²) in [7, 11) is 1.34. The van der Waals surface area contributed by atoms with Crippen LogP contribution in [0, 0.1) is 0 Å². The number of methoxy groups -OCH3 is 1. The summed E-state index contributed by atoms with van der Waals surface area (Å²) in [6.45, 7) is 3.60. The number of carbonyl (C=O) groups excluding carboxylic acids is 1. The number of halogens is 2. The Hall–Kier alpha value is -0.350. The van der Waals surface area contributed by atoms with Crippen LogP contribution in [0.15, 0.2) is 33.8 Å². The molecule has 0 saturated heterocycles. The molecule has 2 nitrogen and oxygen atoms in total. The Kier molecular flexibility index (Phi) is 6.90. The summed E-state index contributed by atoms with van der Waals surface area (Å²) in [6, 6.07) is 0. The average Bonchev–Trinajstić information content (AvgIpc) is 2.11. The maximum atomic E-state index is 10.8. The van der Waals surface area contributed by atoms with Gasteiger partial charge in [-0.3, -0.25) is 0 Å². The number of ether oxygens (including phenoxy) is 1. The standard InChI is InChI=1S/C9H10Br2O2/c1-3-4-7(9(10)11)5-6-8(12)13-2/h3,5-6H,1,4H2,2H3/b6-5+. The van der Waals surface area contributed by atoms with E-state index in [0.717, 1.165) is 8.96 Å². The van der Waals surface area contributed by atoms with Crippen LogP contribution in [0.25, 0.3) is 0 Å². The minimum absolute atomic E-state index is 0.372. The first-order valence-corrected chi connectivity index (χ1v) is 5.11. The van der Waals surface area contributed by atoms with Gasteiger partial charge in [-0.05, 0) is 49.9 Å². The second-order valence-electron chi connectivity index (χ2n) is 2.13. The highest BCUT2D eigenvalue weighted by Crippen LogP contribution is 2.22. The molecule has 0 aliphatic carbocycles. The van der Waals surface area contributed by atoms with Gasteiger partial charge in [-0.15, -0.1) is 6.58 Å². The van der Waals surface area contributed by atoms with Gasteiger partial charge in [0.15, 0.2) is 0 Å². The van der Waals surface area contributed by atoms with Crippen LogP contribution in [-0.2, 0) is 9.53 Å². The van der Waals surface area contributed by atoms with Gasteiger partial charge in [0.25, 0.3) is 0 Å².